The van der Waals surface area contributed by atoms with Crippen molar-refractivity contribution in [2.24, 2.45) is 0 Å². The minimum absolute atomic E-state index is 0.284. The zero-order chi connectivity index (χ0) is 12.3. The second kappa shape index (κ2) is 5.35. The standard InChI is InChI=1S/C15H21NO/c1-3-12-4-6-13(7-5-12)8-11-15(17)16(2)14-9-10-14/h4-7,14H,3,8-11H2,1-2H3. The Morgan fingerprint density at radius 1 is 1.24 bits per heavy atom. The Balaban J connectivity index is 1.82. The van der Waals surface area contributed by atoms with Gasteiger partial charge in [-0.15, -0.1) is 0 Å². The molecule has 0 atom stereocenters. The Hall–Kier alpha value is -1.31. The van der Waals surface area contributed by atoms with Crippen molar-refractivity contribution in [1.29, 1.82) is 0 Å². The molecule has 0 aliphatic heterocycles. The van der Waals surface area contributed by atoms with Crippen molar-refractivity contribution < 1.29 is 4.79 Å². The Morgan fingerprint density at radius 3 is 2.35 bits per heavy atom. The molecule has 1 aromatic rings. The summed E-state index contributed by atoms with van der Waals surface area (Å²) in [5, 5.41) is 0. The predicted molar refractivity (Wildman–Crippen MR) is 69.9 cm³/mol. The van der Waals surface area contributed by atoms with Crippen LogP contribution in [0.4, 0.5) is 0 Å². The van der Waals surface area contributed by atoms with E-state index in [0.29, 0.717) is 12.5 Å². The zero-order valence-corrected chi connectivity index (χ0v) is 10.8. The van der Waals surface area contributed by atoms with Gasteiger partial charge in [-0.3, -0.25) is 4.79 Å². The Bertz CT molecular complexity index is 378. The fourth-order valence-corrected chi connectivity index (χ4v) is 2.03. The van der Waals surface area contributed by atoms with Crippen LogP contribution in [0.3, 0.4) is 0 Å². The molecule has 2 nitrogen and oxygen atoms in total. The van der Waals surface area contributed by atoms with Gasteiger partial charge in [-0.2, -0.15) is 0 Å². The van der Waals surface area contributed by atoms with Crippen molar-refractivity contribution in [3.8, 4) is 0 Å². The quantitative estimate of drug-likeness (QED) is 0.763. The van der Waals surface area contributed by atoms with Gasteiger partial charge < -0.3 is 4.90 Å². The van der Waals surface area contributed by atoms with E-state index in [9.17, 15) is 4.79 Å². The second-order valence-electron chi connectivity index (χ2n) is 4.91. The summed E-state index contributed by atoms with van der Waals surface area (Å²) in [6.45, 7) is 2.16. The third-order valence-corrected chi connectivity index (χ3v) is 3.55. The van der Waals surface area contributed by atoms with Crippen LogP contribution >= 0.6 is 0 Å². The van der Waals surface area contributed by atoms with E-state index in [1.165, 1.54) is 24.0 Å². The highest BCUT2D eigenvalue weighted by Crippen LogP contribution is 2.25. The van der Waals surface area contributed by atoms with Gasteiger partial charge in [-0.1, -0.05) is 31.2 Å². The molecule has 0 N–H and O–H groups in total. The lowest BCUT2D eigenvalue weighted by molar-refractivity contribution is -0.130. The van der Waals surface area contributed by atoms with Gasteiger partial charge in [0.15, 0.2) is 0 Å². The van der Waals surface area contributed by atoms with Crippen LogP contribution in [0.1, 0.15) is 37.3 Å². The Morgan fingerprint density at radius 2 is 1.82 bits per heavy atom. The smallest absolute Gasteiger partial charge is 0.222 e. The molecule has 1 saturated carbocycles. The van der Waals surface area contributed by atoms with Crippen molar-refractivity contribution in [3.63, 3.8) is 0 Å². The monoisotopic (exact) mass is 231 g/mol. The van der Waals surface area contributed by atoms with Gasteiger partial charge in [0.1, 0.15) is 0 Å². The number of amides is 1. The number of rotatable bonds is 5. The van der Waals surface area contributed by atoms with Gasteiger partial charge in [-0.25, -0.2) is 0 Å². The largest absolute Gasteiger partial charge is 0.343 e. The van der Waals surface area contributed by atoms with Crippen LogP contribution in [-0.2, 0) is 17.6 Å². The molecular formula is C15H21NO. The SMILES string of the molecule is CCc1ccc(CCC(=O)N(C)C2CC2)cc1. The summed E-state index contributed by atoms with van der Waals surface area (Å²) < 4.78 is 0. The van der Waals surface area contributed by atoms with Crippen LogP contribution in [0.25, 0.3) is 0 Å². The number of aryl methyl sites for hydroxylation is 2. The molecule has 0 spiro atoms. The first-order chi connectivity index (χ1) is 8.20. The lowest BCUT2D eigenvalue weighted by Gasteiger charge is -2.16. The highest BCUT2D eigenvalue weighted by molar-refractivity contribution is 5.76. The fourth-order valence-electron chi connectivity index (χ4n) is 2.03. The van der Waals surface area contributed by atoms with Crippen molar-refractivity contribution in [3.05, 3.63) is 35.4 Å². The van der Waals surface area contributed by atoms with Gasteiger partial charge in [0.05, 0.1) is 0 Å². The first-order valence-electron chi connectivity index (χ1n) is 6.54. The van der Waals surface area contributed by atoms with Gasteiger partial charge >= 0.3 is 0 Å². The molecular weight excluding hydrogens is 210 g/mol. The van der Waals surface area contributed by atoms with Crippen LogP contribution in [0, 0.1) is 0 Å². The summed E-state index contributed by atoms with van der Waals surface area (Å²) >= 11 is 0. The molecule has 0 radical (unpaired) electrons. The number of carbonyl (C=O) groups is 1. The van der Waals surface area contributed by atoms with Crippen LogP contribution in [0.5, 0.6) is 0 Å². The van der Waals surface area contributed by atoms with E-state index in [1.54, 1.807) is 0 Å². The van der Waals surface area contributed by atoms with Gasteiger partial charge in [-0.05, 0) is 36.8 Å². The molecule has 2 heteroatoms. The van der Waals surface area contributed by atoms with Gasteiger partial charge in [0.2, 0.25) is 5.91 Å². The van der Waals surface area contributed by atoms with Crippen LogP contribution in [-0.4, -0.2) is 23.9 Å². The van der Waals surface area contributed by atoms with E-state index in [4.69, 9.17) is 0 Å². The maximum atomic E-state index is 11.8. The maximum Gasteiger partial charge on any atom is 0.222 e. The highest BCUT2D eigenvalue weighted by atomic mass is 16.2. The minimum atomic E-state index is 0.284. The zero-order valence-electron chi connectivity index (χ0n) is 10.8. The number of hydrogen-bond acceptors (Lipinski definition) is 1. The molecule has 1 aliphatic rings. The normalized spacial score (nSPS) is 14.7. The average molecular weight is 231 g/mol. The highest BCUT2D eigenvalue weighted by Gasteiger charge is 2.28. The maximum absolute atomic E-state index is 11.8. The Kier molecular flexibility index (Phi) is 3.82. The summed E-state index contributed by atoms with van der Waals surface area (Å²) in [6, 6.07) is 9.13. The van der Waals surface area contributed by atoms with Crippen LogP contribution < -0.4 is 0 Å². The van der Waals surface area contributed by atoms with E-state index in [0.717, 1.165) is 12.8 Å². The number of hydrogen-bond donors (Lipinski definition) is 0. The van der Waals surface area contributed by atoms with E-state index >= 15 is 0 Å². The number of carbonyl (C=O) groups excluding carboxylic acids is 1. The number of benzene rings is 1. The van der Waals surface area contributed by atoms with Crippen molar-refractivity contribution >= 4 is 5.91 Å². The van der Waals surface area contributed by atoms with E-state index in [2.05, 4.69) is 31.2 Å². The first kappa shape index (κ1) is 12.2. The van der Waals surface area contributed by atoms with Crippen molar-refractivity contribution in [2.45, 2.75) is 45.1 Å². The average Bonchev–Trinajstić information content (AvgIpc) is 3.20. The van der Waals surface area contributed by atoms with E-state index in [-0.39, 0.29) is 5.91 Å². The molecule has 17 heavy (non-hydrogen) atoms. The third kappa shape index (κ3) is 3.32. The van der Waals surface area contributed by atoms with E-state index < -0.39 is 0 Å². The molecule has 1 fully saturated rings. The molecule has 0 heterocycles. The summed E-state index contributed by atoms with van der Waals surface area (Å²) in [4.78, 5) is 13.8. The third-order valence-electron chi connectivity index (χ3n) is 3.55. The van der Waals surface area contributed by atoms with Gasteiger partial charge in [0.25, 0.3) is 0 Å². The molecule has 0 saturated heterocycles. The number of nitrogens with zero attached hydrogens (tertiary/aromatic N) is 1. The molecule has 1 aliphatic carbocycles. The van der Waals surface area contributed by atoms with Crippen molar-refractivity contribution in [1.82, 2.24) is 4.90 Å². The Labute approximate surface area is 104 Å². The molecule has 1 aromatic carbocycles. The summed E-state index contributed by atoms with van der Waals surface area (Å²) in [5.41, 5.74) is 2.62. The molecule has 0 bridgehead atoms. The summed E-state index contributed by atoms with van der Waals surface area (Å²) in [7, 11) is 1.93. The van der Waals surface area contributed by atoms with Crippen LogP contribution in [0.2, 0.25) is 0 Å². The molecule has 92 valence electrons. The second-order valence-corrected chi connectivity index (χ2v) is 4.91. The van der Waals surface area contributed by atoms with Crippen LogP contribution in [0.15, 0.2) is 24.3 Å². The summed E-state index contributed by atoms with van der Waals surface area (Å²) in [5.74, 6) is 0.284. The molecule has 1 amide bonds. The molecule has 0 aromatic heterocycles. The van der Waals surface area contributed by atoms with Crippen molar-refractivity contribution in [2.75, 3.05) is 7.05 Å². The minimum Gasteiger partial charge on any atom is -0.343 e. The van der Waals surface area contributed by atoms with Gasteiger partial charge in [0, 0.05) is 19.5 Å². The lowest BCUT2D eigenvalue weighted by atomic mass is 10.1. The van der Waals surface area contributed by atoms with E-state index in [1.807, 2.05) is 11.9 Å². The fraction of sp³-hybridized carbons (Fsp3) is 0.533. The summed E-state index contributed by atoms with van der Waals surface area (Å²) in [6.07, 6.45) is 4.95. The lowest BCUT2D eigenvalue weighted by Crippen LogP contribution is -2.28. The first-order valence-corrected chi connectivity index (χ1v) is 6.54. The predicted octanol–water partition coefficient (Wildman–Crippen LogP) is 2.80. The topological polar surface area (TPSA) is 20.3 Å². The molecule has 0 unspecified atom stereocenters. The molecule has 2 rings (SSSR count).